The normalized spacial score (nSPS) is 13.8. The monoisotopic (exact) mass is 251 g/mol. The van der Waals surface area contributed by atoms with Crippen LogP contribution in [0.3, 0.4) is 0 Å². The molecule has 0 radical (unpaired) electrons. The Kier molecular flexibility index (Phi) is 3.13. The molecule has 0 bridgehead atoms. The van der Waals surface area contributed by atoms with Crippen molar-refractivity contribution in [2.75, 3.05) is 13.2 Å². The highest BCUT2D eigenvalue weighted by Gasteiger charge is 2.11. The molecule has 0 aliphatic carbocycles. The number of nitrogens with one attached hydrogen (secondary N) is 1. The summed E-state index contributed by atoms with van der Waals surface area (Å²) < 4.78 is 5.63. The number of aromatic nitrogens is 1. The fraction of sp³-hybridized carbons (Fsp3) is 0.200. The van der Waals surface area contributed by atoms with Crippen LogP contribution in [0.15, 0.2) is 36.4 Å². The van der Waals surface area contributed by atoms with Gasteiger partial charge in [0.1, 0.15) is 6.61 Å². The van der Waals surface area contributed by atoms with Crippen molar-refractivity contribution < 1.29 is 4.74 Å². The van der Waals surface area contributed by atoms with Gasteiger partial charge in [-0.05, 0) is 11.6 Å². The van der Waals surface area contributed by atoms with Crippen molar-refractivity contribution in [3.63, 3.8) is 0 Å². The Hall–Kier alpha value is -2.38. The van der Waals surface area contributed by atoms with Crippen molar-refractivity contribution in [2.45, 2.75) is 6.54 Å². The van der Waals surface area contributed by atoms with Gasteiger partial charge < -0.3 is 10.1 Å². The molecule has 19 heavy (non-hydrogen) atoms. The lowest BCUT2D eigenvalue weighted by Gasteiger charge is -2.08. The zero-order valence-electron chi connectivity index (χ0n) is 10.4. The Morgan fingerprint density at radius 2 is 2.00 bits per heavy atom. The molecule has 0 atom stereocenters. The first-order valence-electron chi connectivity index (χ1n) is 6.18. The summed E-state index contributed by atoms with van der Waals surface area (Å²) in [4.78, 5) is 7.94. The molecule has 0 spiro atoms. The number of ether oxygens (including phenoxy) is 1. The minimum absolute atomic E-state index is 0.638. The first-order chi connectivity index (χ1) is 9.36. The molecule has 0 amide bonds. The summed E-state index contributed by atoms with van der Waals surface area (Å²) in [5, 5.41) is 3.28. The van der Waals surface area contributed by atoms with Crippen molar-refractivity contribution in [2.24, 2.45) is 0 Å². The quantitative estimate of drug-likeness (QED) is 0.792. The van der Waals surface area contributed by atoms with Crippen molar-refractivity contribution in [3.05, 3.63) is 53.4 Å². The van der Waals surface area contributed by atoms with E-state index in [1.807, 2.05) is 24.3 Å². The highest BCUT2D eigenvalue weighted by Crippen LogP contribution is 2.25. The summed E-state index contributed by atoms with van der Waals surface area (Å²) in [7, 11) is 0. The van der Waals surface area contributed by atoms with E-state index in [1.54, 1.807) is 12.1 Å². The molecule has 0 fully saturated rings. The van der Waals surface area contributed by atoms with Crippen LogP contribution in [0.1, 0.15) is 5.56 Å². The van der Waals surface area contributed by atoms with E-state index >= 15 is 0 Å². The highest BCUT2D eigenvalue weighted by atomic mass is 16.5. The van der Waals surface area contributed by atoms with Gasteiger partial charge in [-0.1, -0.05) is 30.3 Å². The van der Waals surface area contributed by atoms with Gasteiger partial charge in [0.25, 0.3) is 0 Å². The van der Waals surface area contributed by atoms with E-state index in [1.165, 1.54) is 0 Å². The molecule has 0 saturated heterocycles. The standard InChI is InChI=1S/C15H13N3O/c1-16-13-5-2-11(3-6-13)14-7-4-12-10-17-8-9-19-15(12)18-14/h2-7,17H,8-10H2. The topological polar surface area (TPSA) is 38.5 Å². The van der Waals surface area contributed by atoms with Crippen LogP contribution in [-0.2, 0) is 6.54 Å². The average molecular weight is 251 g/mol. The number of fused-ring (bicyclic) bond motifs is 1. The third kappa shape index (κ3) is 2.42. The molecule has 0 unspecified atom stereocenters. The van der Waals surface area contributed by atoms with E-state index in [-0.39, 0.29) is 0 Å². The van der Waals surface area contributed by atoms with Gasteiger partial charge in [0.05, 0.1) is 12.3 Å². The molecule has 1 aliphatic rings. The van der Waals surface area contributed by atoms with Gasteiger partial charge in [-0.25, -0.2) is 9.83 Å². The first-order valence-corrected chi connectivity index (χ1v) is 6.18. The predicted molar refractivity (Wildman–Crippen MR) is 73.1 cm³/mol. The molecule has 1 aliphatic heterocycles. The SMILES string of the molecule is [C-]#[N+]c1ccc(-c2ccc3c(n2)OCCNC3)cc1. The number of pyridine rings is 1. The second kappa shape index (κ2) is 5.09. The van der Waals surface area contributed by atoms with Gasteiger partial charge in [-0.2, -0.15) is 0 Å². The fourth-order valence-corrected chi connectivity index (χ4v) is 2.04. The summed E-state index contributed by atoms with van der Waals surface area (Å²) in [5.74, 6) is 0.705. The molecular formula is C15H13N3O. The molecule has 4 heteroatoms. The summed E-state index contributed by atoms with van der Waals surface area (Å²) >= 11 is 0. The number of rotatable bonds is 1. The molecule has 2 aromatic rings. The van der Waals surface area contributed by atoms with Crippen LogP contribution in [0.2, 0.25) is 0 Å². The van der Waals surface area contributed by atoms with E-state index in [0.717, 1.165) is 29.9 Å². The molecule has 1 aromatic carbocycles. The summed E-state index contributed by atoms with van der Waals surface area (Å²) in [5.41, 5.74) is 3.59. The zero-order chi connectivity index (χ0) is 13.1. The van der Waals surface area contributed by atoms with Crippen molar-refractivity contribution in [3.8, 4) is 17.1 Å². The van der Waals surface area contributed by atoms with Crippen LogP contribution in [-0.4, -0.2) is 18.1 Å². The van der Waals surface area contributed by atoms with Crippen LogP contribution in [0.4, 0.5) is 5.69 Å². The second-order valence-electron chi connectivity index (χ2n) is 4.34. The molecule has 1 N–H and O–H groups in total. The van der Waals surface area contributed by atoms with E-state index in [9.17, 15) is 0 Å². The molecule has 3 rings (SSSR count). The summed E-state index contributed by atoms with van der Waals surface area (Å²) in [6.07, 6.45) is 0. The Morgan fingerprint density at radius 3 is 2.79 bits per heavy atom. The Bertz CT molecular complexity index is 629. The van der Waals surface area contributed by atoms with Crippen LogP contribution in [0.25, 0.3) is 16.1 Å². The van der Waals surface area contributed by atoms with Gasteiger partial charge in [-0.15, -0.1) is 0 Å². The van der Waals surface area contributed by atoms with Crippen LogP contribution >= 0.6 is 0 Å². The molecule has 94 valence electrons. The lowest BCUT2D eigenvalue weighted by atomic mass is 10.1. The van der Waals surface area contributed by atoms with Crippen LogP contribution in [0.5, 0.6) is 5.88 Å². The number of benzene rings is 1. The summed E-state index contributed by atoms with van der Waals surface area (Å²) in [6, 6.07) is 11.5. The molecule has 1 aromatic heterocycles. The third-order valence-corrected chi connectivity index (χ3v) is 3.06. The van der Waals surface area contributed by atoms with Crippen LogP contribution < -0.4 is 10.1 Å². The minimum Gasteiger partial charge on any atom is -0.476 e. The number of nitrogens with zero attached hydrogens (tertiary/aromatic N) is 2. The number of hydrogen-bond donors (Lipinski definition) is 1. The minimum atomic E-state index is 0.638. The molecule has 2 heterocycles. The van der Waals surface area contributed by atoms with Gasteiger partial charge in [0.2, 0.25) is 5.88 Å². The van der Waals surface area contributed by atoms with Crippen molar-refractivity contribution >= 4 is 5.69 Å². The Labute approximate surface area is 111 Å². The average Bonchev–Trinajstić information content (AvgIpc) is 2.72. The van der Waals surface area contributed by atoms with E-state index in [4.69, 9.17) is 11.3 Å². The van der Waals surface area contributed by atoms with Gasteiger partial charge in [0, 0.05) is 18.7 Å². The maximum absolute atomic E-state index is 6.95. The lowest BCUT2D eigenvalue weighted by molar-refractivity contribution is 0.314. The van der Waals surface area contributed by atoms with Gasteiger partial charge in [0.15, 0.2) is 5.69 Å². The predicted octanol–water partition coefficient (Wildman–Crippen LogP) is 2.78. The number of hydrogen-bond acceptors (Lipinski definition) is 3. The van der Waals surface area contributed by atoms with E-state index in [2.05, 4.69) is 15.1 Å². The largest absolute Gasteiger partial charge is 0.476 e. The fourth-order valence-electron chi connectivity index (χ4n) is 2.04. The van der Waals surface area contributed by atoms with Crippen molar-refractivity contribution in [1.29, 1.82) is 0 Å². The van der Waals surface area contributed by atoms with Crippen molar-refractivity contribution in [1.82, 2.24) is 10.3 Å². The summed E-state index contributed by atoms with van der Waals surface area (Å²) in [6.45, 7) is 9.22. The molecular weight excluding hydrogens is 238 g/mol. The Morgan fingerprint density at radius 1 is 1.16 bits per heavy atom. The van der Waals surface area contributed by atoms with Crippen LogP contribution in [0, 0.1) is 6.57 Å². The van der Waals surface area contributed by atoms with E-state index in [0.29, 0.717) is 18.2 Å². The highest BCUT2D eigenvalue weighted by molar-refractivity contribution is 5.63. The Balaban J connectivity index is 1.96. The maximum Gasteiger partial charge on any atom is 0.218 e. The van der Waals surface area contributed by atoms with Gasteiger partial charge >= 0.3 is 0 Å². The lowest BCUT2D eigenvalue weighted by Crippen LogP contribution is -2.16. The third-order valence-electron chi connectivity index (χ3n) is 3.06. The first kappa shape index (κ1) is 11.7. The zero-order valence-corrected chi connectivity index (χ0v) is 10.4. The molecule has 4 nitrogen and oxygen atoms in total. The smallest absolute Gasteiger partial charge is 0.218 e. The maximum atomic E-state index is 6.95. The van der Waals surface area contributed by atoms with Gasteiger partial charge in [-0.3, -0.25) is 0 Å². The molecule has 0 saturated carbocycles. The second-order valence-corrected chi connectivity index (χ2v) is 4.34. The van der Waals surface area contributed by atoms with E-state index < -0.39 is 0 Å².